The van der Waals surface area contributed by atoms with Gasteiger partial charge in [0.05, 0.1) is 27.8 Å². The molecule has 0 atom stereocenters. The topological polar surface area (TPSA) is 108 Å². The molecule has 0 aromatic heterocycles. The molecule has 0 N–H and O–H groups in total. The van der Waals surface area contributed by atoms with Crippen LogP contribution in [-0.4, -0.2) is 37.3 Å². The second kappa shape index (κ2) is 10.0. The number of anilines is 1. The molecule has 0 fully saturated rings. The van der Waals surface area contributed by atoms with Gasteiger partial charge in [-0.1, -0.05) is 31.9 Å². The summed E-state index contributed by atoms with van der Waals surface area (Å²) in [5.74, 6) is 2.47. The number of nitriles is 1. The van der Waals surface area contributed by atoms with Crippen LogP contribution in [0.4, 0.5) is 11.4 Å². The first kappa shape index (κ1) is 24.2. The highest BCUT2D eigenvalue weighted by atomic mass is 32.2. The molecule has 0 aliphatic carbocycles. The minimum absolute atomic E-state index is 0.0856. The SMILES string of the molecule is C#Cc1cc([N+](=O)[O-])cc(S(=O)(=O)N2CCc3c(C#N)cccc3C2)c1N(CCC)CCC. The lowest BCUT2D eigenvalue weighted by Crippen LogP contribution is -2.37. The molecule has 0 spiro atoms. The Hall–Kier alpha value is -3.40. The van der Waals surface area contributed by atoms with Crippen LogP contribution in [0.2, 0.25) is 0 Å². The summed E-state index contributed by atoms with van der Waals surface area (Å²) in [5, 5.41) is 20.9. The Balaban J connectivity index is 2.19. The number of fused-ring (bicyclic) bond motifs is 1. The van der Waals surface area contributed by atoms with E-state index in [1.807, 2.05) is 18.7 Å². The van der Waals surface area contributed by atoms with Gasteiger partial charge in [0, 0.05) is 38.3 Å². The van der Waals surface area contributed by atoms with Crippen LogP contribution in [0.25, 0.3) is 0 Å². The molecule has 1 aliphatic heterocycles. The Morgan fingerprint density at radius 3 is 2.48 bits per heavy atom. The molecule has 2 aromatic rings. The molecule has 0 unspecified atom stereocenters. The number of sulfonamides is 1. The third-order valence-electron chi connectivity index (χ3n) is 5.70. The minimum Gasteiger partial charge on any atom is -0.369 e. The molecule has 9 heteroatoms. The maximum atomic E-state index is 13.9. The van der Waals surface area contributed by atoms with Gasteiger partial charge in [-0.15, -0.1) is 6.42 Å². The highest BCUT2D eigenvalue weighted by molar-refractivity contribution is 7.89. The lowest BCUT2D eigenvalue weighted by Gasteiger charge is -2.32. The predicted molar refractivity (Wildman–Crippen MR) is 126 cm³/mol. The van der Waals surface area contributed by atoms with Crippen molar-refractivity contribution in [3.63, 3.8) is 0 Å². The molecular weight excluding hydrogens is 440 g/mol. The van der Waals surface area contributed by atoms with Crippen LogP contribution < -0.4 is 4.90 Å². The molecule has 0 amide bonds. The van der Waals surface area contributed by atoms with Crippen LogP contribution in [0.3, 0.4) is 0 Å². The van der Waals surface area contributed by atoms with Crippen molar-refractivity contribution in [2.45, 2.75) is 44.6 Å². The van der Waals surface area contributed by atoms with E-state index in [0.717, 1.165) is 30.0 Å². The summed E-state index contributed by atoms with van der Waals surface area (Å²) in [5.41, 5.74) is 2.30. The Kier molecular flexibility index (Phi) is 7.37. The lowest BCUT2D eigenvalue weighted by atomic mass is 9.96. The van der Waals surface area contributed by atoms with Crippen molar-refractivity contribution in [2.24, 2.45) is 0 Å². The van der Waals surface area contributed by atoms with Gasteiger partial charge in [-0.3, -0.25) is 10.1 Å². The number of hydrogen-bond donors (Lipinski definition) is 0. The second-order valence-corrected chi connectivity index (χ2v) is 9.78. The van der Waals surface area contributed by atoms with E-state index >= 15 is 0 Å². The van der Waals surface area contributed by atoms with Crippen LogP contribution >= 0.6 is 0 Å². The van der Waals surface area contributed by atoms with Crippen molar-refractivity contribution < 1.29 is 13.3 Å². The summed E-state index contributed by atoms with van der Waals surface area (Å²) >= 11 is 0. The average molecular weight is 467 g/mol. The Bertz CT molecular complexity index is 1250. The van der Waals surface area contributed by atoms with Crippen molar-refractivity contribution in [3.8, 4) is 18.4 Å². The number of hydrogen-bond acceptors (Lipinski definition) is 6. The third-order valence-corrected chi connectivity index (χ3v) is 7.56. The predicted octanol–water partition coefficient (Wildman–Crippen LogP) is 3.82. The molecule has 1 heterocycles. The quantitative estimate of drug-likeness (QED) is 0.332. The van der Waals surface area contributed by atoms with Gasteiger partial charge in [0.2, 0.25) is 10.0 Å². The van der Waals surface area contributed by atoms with Crippen LogP contribution in [0.5, 0.6) is 0 Å². The normalized spacial score (nSPS) is 13.6. The molecule has 3 rings (SSSR count). The van der Waals surface area contributed by atoms with E-state index in [1.54, 1.807) is 18.2 Å². The monoisotopic (exact) mass is 466 g/mol. The Morgan fingerprint density at radius 1 is 1.21 bits per heavy atom. The van der Waals surface area contributed by atoms with E-state index in [1.165, 1.54) is 10.4 Å². The first-order valence-electron chi connectivity index (χ1n) is 10.8. The largest absolute Gasteiger partial charge is 0.369 e. The number of nitrogens with zero attached hydrogens (tertiary/aromatic N) is 4. The minimum atomic E-state index is -4.12. The molecule has 8 nitrogen and oxygen atoms in total. The summed E-state index contributed by atoms with van der Waals surface area (Å²) < 4.78 is 29.1. The van der Waals surface area contributed by atoms with Gasteiger partial charge < -0.3 is 4.90 Å². The van der Waals surface area contributed by atoms with E-state index < -0.39 is 14.9 Å². The summed E-state index contributed by atoms with van der Waals surface area (Å²) in [6, 6.07) is 9.78. The van der Waals surface area contributed by atoms with Gasteiger partial charge in [0.15, 0.2) is 0 Å². The number of terminal acetylenes is 1. The third kappa shape index (κ3) is 4.70. The summed E-state index contributed by atoms with van der Waals surface area (Å²) in [4.78, 5) is 12.7. The van der Waals surface area contributed by atoms with E-state index in [4.69, 9.17) is 6.42 Å². The van der Waals surface area contributed by atoms with E-state index in [0.29, 0.717) is 30.8 Å². The fraction of sp³-hybridized carbons (Fsp3) is 0.375. The number of nitro groups is 1. The van der Waals surface area contributed by atoms with Gasteiger partial charge >= 0.3 is 0 Å². The molecule has 0 saturated heterocycles. The maximum absolute atomic E-state index is 13.9. The van der Waals surface area contributed by atoms with Crippen LogP contribution in [0, 0.1) is 33.8 Å². The van der Waals surface area contributed by atoms with Crippen molar-refractivity contribution in [1.82, 2.24) is 4.31 Å². The van der Waals surface area contributed by atoms with Gasteiger partial charge in [-0.2, -0.15) is 9.57 Å². The molecule has 0 saturated carbocycles. The highest BCUT2D eigenvalue weighted by Crippen LogP contribution is 2.37. The smallest absolute Gasteiger partial charge is 0.272 e. The lowest BCUT2D eigenvalue weighted by molar-refractivity contribution is -0.385. The van der Waals surface area contributed by atoms with Gasteiger partial charge in [-0.25, -0.2) is 8.42 Å². The summed E-state index contributed by atoms with van der Waals surface area (Å²) in [7, 11) is -4.12. The molecule has 0 radical (unpaired) electrons. The second-order valence-electron chi connectivity index (χ2n) is 7.87. The molecule has 1 aliphatic rings. The zero-order valence-corrected chi connectivity index (χ0v) is 19.6. The van der Waals surface area contributed by atoms with Gasteiger partial charge in [0.25, 0.3) is 5.69 Å². The van der Waals surface area contributed by atoms with Gasteiger partial charge in [-0.05, 0) is 36.5 Å². The molecular formula is C24H26N4O4S. The van der Waals surface area contributed by atoms with Crippen molar-refractivity contribution >= 4 is 21.4 Å². The van der Waals surface area contributed by atoms with Crippen molar-refractivity contribution in [3.05, 3.63) is 62.7 Å². The Morgan fingerprint density at radius 2 is 1.91 bits per heavy atom. The van der Waals surface area contributed by atoms with Crippen LogP contribution in [0.1, 0.15) is 48.9 Å². The van der Waals surface area contributed by atoms with Crippen molar-refractivity contribution in [2.75, 3.05) is 24.5 Å². The van der Waals surface area contributed by atoms with Gasteiger partial charge in [0.1, 0.15) is 4.90 Å². The molecule has 0 bridgehead atoms. The number of benzene rings is 2. The standard InChI is InChI=1S/C24H26N4O4S/c1-4-11-26(12-5-2)24-18(6-3)14-21(28(29)30)15-23(24)33(31,32)27-13-10-22-19(16-25)8-7-9-20(22)17-27/h3,7-9,14-15H,4-5,10-13,17H2,1-2H3. The fourth-order valence-corrected chi connectivity index (χ4v) is 5.91. The summed E-state index contributed by atoms with van der Waals surface area (Å²) in [6.45, 7) is 5.35. The number of non-ortho nitro benzene ring substituents is 1. The highest BCUT2D eigenvalue weighted by Gasteiger charge is 2.34. The van der Waals surface area contributed by atoms with E-state index in [-0.39, 0.29) is 29.2 Å². The van der Waals surface area contributed by atoms with Crippen LogP contribution in [0.15, 0.2) is 35.2 Å². The summed E-state index contributed by atoms with van der Waals surface area (Å²) in [6.07, 6.45) is 7.60. The number of nitro benzene ring substituents is 1. The van der Waals surface area contributed by atoms with E-state index in [2.05, 4.69) is 12.0 Å². The number of rotatable bonds is 8. The first-order chi connectivity index (χ1) is 15.8. The Labute approximate surface area is 194 Å². The average Bonchev–Trinajstić information content (AvgIpc) is 2.82. The molecule has 33 heavy (non-hydrogen) atoms. The fourth-order valence-electron chi connectivity index (χ4n) is 4.24. The molecule has 172 valence electrons. The zero-order chi connectivity index (χ0) is 24.2. The zero-order valence-electron chi connectivity index (χ0n) is 18.7. The maximum Gasteiger partial charge on any atom is 0.272 e. The first-order valence-corrected chi connectivity index (χ1v) is 12.3. The van der Waals surface area contributed by atoms with Crippen molar-refractivity contribution in [1.29, 1.82) is 5.26 Å². The van der Waals surface area contributed by atoms with Crippen LogP contribution in [-0.2, 0) is 23.0 Å². The van der Waals surface area contributed by atoms with E-state index in [9.17, 15) is 23.8 Å². The molecule has 2 aromatic carbocycles.